The number of benzene rings is 1. The SMILES string of the molecule is CCOC(=O)C(=S)N=Nc1ccc(Br)cc1. The highest BCUT2D eigenvalue weighted by Gasteiger charge is 2.08. The van der Waals surface area contributed by atoms with E-state index in [1.165, 1.54) is 0 Å². The van der Waals surface area contributed by atoms with Gasteiger partial charge in [-0.25, -0.2) is 4.79 Å². The molecule has 0 fully saturated rings. The second-order valence-electron chi connectivity index (χ2n) is 2.70. The van der Waals surface area contributed by atoms with Crippen LogP contribution in [0.1, 0.15) is 6.92 Å². The van der Waals surface area contributed by atoms with Crippen LogP contribution in [0.4, 0.5) is 5.69 Å². The van der Waals surface area contributed by atoms with Gasteiger partial charge in [-0.1, -0.05) is 15.9 Å². The van der Waals surface area contributed by atoms with Crippen LogP contribution in [0, 0.1) is 0 Å². The minimum absolute atomic E-state index is 0.176. The van der Waals surface area contributed by atoms with Gasteiger partial charge < -0.3 is 4.74 Å². The highest BCUT2D eigenvalue weighted by atomic mass is 79.9. The van der Waals surface area contributed by atoms with Crippen LogP contribution in [-0.2, 0) is 9.53 Å². The molecule has 16 heavy (non-hydrogen) atoms. The number of hydrogen-bond donors (Lipinski definition) is 0. The van der Waals surface area contributed by atoms with Crippen LogP contribution in [0.3, 0.4) is 0 Å². The van der Waals surface area contributed by atoms with Gasteiger partial charge >= 0.3 is 5.97 Å². The van der Waals surface area contributed by atoms with E-state index in [0.29, 0.717) is 5.69 Å². The Morgan fingerprint density at radius 1 is 1.44 bits per heavy atom. The van der Waals surface area contributed by atoms with Crippen LogP contribution < -0.4 is 0 Å². The van der Waals surface area contributed by atoms with Gasteiger partial charge in [-0.05, 0) is 43.4 Å². The summed E-state index contributed by atoms with van der Waals surface area (Å²) in [6, 6.07) is 7.15. The standard InChI is InChI=1S/C10H9BrN2O2S/c1-2-15-10(14)9(16)13-12-8-5-3-7(11)4-6-8/h3-6H,2H2,1H3. The van der Waals surface area contributed by atoms with Crippen LogP contribution in [-0.4, -0.2) is 17.6 Å². The van der Waals surface area contributed by atoms with E-state index in [9.17, 15) is 4.79 Å². The first-order valence-corrected chi connectivity index (χ1v) is 5.72. The van der Waals surface area contributed by atoms with Gasteiger partial charge in [-0.2, -0.15) is 0 Å². The molecule has 0 atom stereocenters. The number of hydrogen-bond acceptors (Lipinski definition) is 4. The molecule has 0 aliphatic carbocycles. The molecule has 0 saturated carbocycles. The van der Waals surface area contributed by atoms with Gasteiger partial charge in [0.15, 0.2) is 0 Å². The highest BCUT2D eigenvalue weighted by molar-refractivity contribution is 9.10. The predicted octanol–water partition coefficient (Wildman–Crippen LogP) is 3.42. The zero-order valence-corrected chi connectivity index (χ0v) is 10.9. The molecule has 0 saturated heterocycles. The van der Waals surface area contributed by atoms with Crippen LogP contribution in [0.5, 0.6) is 0 Å². The summed E-state index contributed by atoms with van der Waals surface area (Å²) in [5, 5.41) is 7.42. The van der Waals surface area contributed by atoms with Gasteiger partial charge in [-0.3, -0.25) is 0 Å². The number of carbonyl (C=O) groups excluding carboxylic acids is 1. The van der Waals surface area contributed by atoms with Crippen molar-refractivity contribution in [3.63, 3.8) is 0 Å². The van der Waals surface area contributed by atoms with Gasteiger partial charge in [0.1, 0.15) is 0 Å². The van der Waals surface area contributed by atoms with Gasteiger partial charge in [0.25, 0.3) is 0 Å². The summed E-state index contributed by atoms with van der Waals surface area (Å²) in [5.41, 5.74) is 0.620. The van der Waals surface area contributed by atoms with E-state index >= 15 is 0 Å². The summed E-state index contributed by atoms with van der Waals surface area (Å²) < 4.78 is 5.61. The van der Waals surface area contributed by atoms with Crippen LogP contribution in [0.15, 0.2) is 39.0 Å². The Kier molecular flexibility index (Phi) is 5.21. The molecule has 1 aromatic carbocycles. The Labute approximate surface area is 107 Å². The van der Waals surface area contributed by atoms with Crippen molar-refractivity contribution in [3.8, 4) is 0 Å². The van der Waals surface area contributed by atoms with E-state index in [-0.39, 0.29) is 11.6 Å². The van der Waals surface area contributed by atoms with E-state index < -0.39 is 5.97 Å². The summed E-state index contributed by atoms with van der Waals surface area (Å²) in [5.74, 6) is -0.627. The van der Waals surface area contributed by atoms with E-state index in [2.05, 4.69) is 30.9 Å². The van der Waals surface area contributed by atoms with Crippen molar-refractivity contribution in [1.29, 1.82) is 0 Å². The summed E-state index contributed by atoms with van der Waals surface area (Å²) in [6.07, 6.45) is 0. The molecule has 0 radical (unpaired) electrons. The normalized spacial score (nSPS) is 10.4. The fourth-order valence-corrected chi connectivity index (χ4v) is 1.21. The summed E-state index contributed by atoms with van der Waals surface area (Å²) in [4.78, 5) is 10.9. The smallest absolute Gasteiger partial charge is 0.370 e. The number of rotatable bonds is 2. The maximum atomic E-state index is 11.1. The Hall–Kier alpha value is -1.14. The molecule has 4 nitrogen and oxygen atoms in total. The highest BCUT2D eigenvalue weighted by Crippen LogP contribution is 2.17. The van der Waals surface area contributed by atoms with Crippen molar-refractivity contribution in [1.82, 2.24) is 0 Å². The van der Waals surface area contributed by atoms with Crippen molar-refractivity contribution in [2.75, 3.05) is 6.61 Å². The second-order valence-corrected chi connectivity index (χ2v) is 4.00. The van der Waals surface area contributed by atoms with Gasteiger partial charge in [0, 0.05) is 4.47 Å². The molecular weight excluding hydrogens is 292 g/mol. The molecule has 0 bridgehead atoms. The number of halogens is 1. The number of azo groups is 1. The van der Waals surface area contributed by atoms with Gasteiger partial charge in [-0.15, -0.1) is 10.2 Å². The maximum Gasteiger partial charge on any atom is 0.370 e. The van der Waals surface area contributed by atoms with Crippen molar-refractivity contribution in [3.05, 3.63) is 28.7 Å². The van der Waals surface area contributed by atoms with Crippen molar-refractivity contribution in [2.24, 2.45) is 10.2 Å². The van der Waals surface area contributed by atoms with Crippen molar-refractivity contribution in [2.45, 2.75) is 6.92 Å². The van der Waals surface area contributed by atoms with Crippen LogP contribution in [0.2, 0.25) is 0 Å². The van der Waals surface area contributed by atoms with E-state index in [0.717, 1.165) is 4.47 Å². The number of carbonyl (C=O) groups is 1. The lowest BCUT2D eigenvalue weighted by molar-refractivity contribution is -0.134. The van der Waals surface area contributed by atoms with Crippen LogP contribution in [0.25, 0.3) is 0 Å². The lowest BCUT2D eigenvalue weighted by Gasteiger charge is -1.97. The lowest BCUT2D eigenvalue weighted by atomic mass is 10.3. The molecule has 0 unspecified atom stereocenters. The third-order valence-electron chi connectivity index (χ3n) is 1.53. The molecule has 0 aromatic heterocycles. The maximum absolute atomic E-state index is 11.1. The quantitative estimate of drug-likeness (QED) is 0.478. The second kappa shape index (κ2) is 6.44. The number of nitrogens with zero attached hydrogens (tertiary/aromatic N) is 2. The summed E-state index contributed by atoms with van der Waals surface area (Å²) >= 11 is 8.02. The Morgan fingerprint density at radius 2 is 2.06 bits per heavy atom. The molecule has 1 rings (SSSR count). The van der Waals surface area contributed by atoms with Gasteiger partial charge in [0.05, 0.1) is 12.3 Å². The molecule has 0 spiro atoms. The van der Waals surface area contributed by atoms with E-state index in [4.69, 9.17) is 12.2 Å². The van der Waals surface area contributed by atoms with Crippen molar-refractivity contribution >= 4 is 44.8 Å². The first kappa shape index (κ1) is 12.9. The molecule has 6 heteroatoms. The Bertz CT molecular complexity index is 417. The monoisotopic (exact) mass is 300 g/mol. The minimum Gasteiger partial charge on any atom is -0.461 e. The molecule has 1 aromatic rings. The zero-order chi connectivity index (χ0) is 12.0. The predicted molar refractivity (Wildman–Crippen MR) is 67.9 cm³/mol. The zero-order valence-electron chi connectivity index (χ0n) is 8.51. The Balaban J connectivity index is 2.63. The summed E-state index contributed by atoms with van der Waals surface area (Å²) in [6.45, 7) is 1.97. The topological polar surface area (TPSA) is 51.0 Å². The molecule has 84 valence electrons. The minimum atomic E-state index is -0.627. The Morgan fingerprint density at radius 3 is 2.62 bits per heavy atom. The molecular formula is C10H9BrN2O2S. The molecule has 0 N–H and O–H groups in total. The van der Waals surface area contributed by atoms with Crippen molar-refractivity contribution < 1.29 is 9.53 Å². The average Bonchev–Trinajstić information content (AvgIpc) is 2.28. The number of thiocarbonyl (C=S) groups is 1. The van der Waals surface area contributed by atoms with Gasteiger partial charge in [0.2, 0.25) is 4.99 Å². The number of esters is 1. The third kappa shape index (κ3) is 4.16. The molecule has 0 amide bonds. The third-order valence-corrected chi connectivity index (χ3v) is 2.31. The first-order valence-electron chi connectivity index (χ1n) is 4.52. The average molecular weight is 301 g/mol. The molecule has 0 heterocycles. The van der Waals surface area contributed by atoms with Crippen LogP contribution >= 0.6 is 28.1 Å². The fourth-order valence-electron chi connectivity index (χ4n) is 0.845. The molecule has 0 aliphatic rings. The lowest BCUT2D eigenvalue weighted by Crippen LogP contribution is -2.12. The summed E-state index contributed by atoms with van der Waals surface area (Å²) in [7, 11) is 0. The number of ether oxygens (including phenoxy) is 1. The van der Waals surface area contributed by atoms with E-state index in [1.54, 1.807) is 19.1 Å². The van der Waals surface area contributed by atoms with E-state index in [1.807, 2.05) is 12.1 Å². The molecule has 0 aliphatic heterocycles. The largest absolute Gasteiger partial charge is 0.461 e. The fraction of sp³-hybridized carbons (Fsp3) is 0.200. The first-order chi connectivity index (χ1) is 7.63.